The van der Waals surface area contributed by atoms with Crippen molar-refractivity contribution in [3.8, 4) is 0 Å². The van der Waals surface area contributed by atoms with Crippen molar-refractivity contribution in [2.45, 2.75) is 46.6 Å². The molecule has 21 heavy (non-hydrogen) atoms. The molecule has 0 aliphatic rings. The second-order valence-electron chi connectivity index (χ2n) is 5.81. The molecule has 0 saturated heterocycles. The highest BCUT2D eigenvalue weighted by Crippen LogP contribution is 2.08. The summed E-state index contributed by atoms with van der Waals surface area (Å²) in [4.78, 5) is 24.4. The largest absolute Gasteiger partial charge is 0.354 e. The second kappa shape index (κ2) is 8.45. The third-order valence-electron chi connectivity index (χ3n) is 3.19. The molecule has 2 N–H and O–H groups in total. The molecule has 2 amide bonds. The number of hydrogen-bond acceptors (Lipinski definition) is 2. The molecule has 1 rings (SSSR count). The Morgan fingerprint density at radius 1 is 1.14 bits per heavy atom. The molecule has 0 heterocycles. The van der Waals surface area contributed by atoms with E-state index in [2.05, 4.69) is 10.6 Å². The molecular formula is C17H26N2O2. The third kappa shape index (κ3) is 5.98. The Bertz CT molecular complexity index is 466. The molecule has 0 radical (unpaired) electrons. The average Bonchev–Trinajstić information content (AvgIpc) is 2.44. The van der Waals surface area contributed by atoms with Crippen LogP contribution in [0.1, 0.15) is 49.5 Å². The monoisotopic (exact) mass is 290 g/mol. The van der Waals surface area contributed by atoms with Gasteiger partial charge in [0.15, 0.2) is 0 Å². The lowest BCUT2D eigenvalue weighted by Gasteiger charge is -2.20. The van der Waals surface area contributed by atoms with Crippen LogP contribution in [-0.4, -0.2) is 24.4 Å². The summed E-state index contributed by atoms with van der Waals surface area (Å²) < 4.78 is 0. The van der Waals surface area contributed by atoms with E-state index in [1.54, 1.807) is 12.1 Å². The highest BCUT2D eigenvalue weighted by molar-refractivity contribution is 5.97. The van der Waals surface area contributed by atoms with Crippen LogP contribution in [0.2, 0.25) is 0 Å². The summed E-state index contributed by atoms with van der Waals surface area (Å²) in [6.07, 6.45) is 1.51. The number of rotatable bonds is 7. The fraction of sp³-hybridized carbons (Fsp3) is 0.529. The van der Waals surface area contributed by atoms with Crippen LogP contribution < -0.4 is 10.6 Å². The smallest absolute Gasteiger partial charge is 0.251 e. The summed E-state index contributed by atoms with van der Waals surface area (Å²) >= 11 is 0. The molecule has 4 heteroatoms. The SMILES string of the molecule is CCCNC(=O)C(CC(C)C)NC(=O)c1ccc(C)cc1. The van der Waals surface area contributed by atoms with E-state index in [0.717, 1.165) is 12.0 Å². The van der Waals surface area contributed by atoms with Crippen molar-refractivity contribution in [1.82, 2.24) is 10.6 Å². The Labute approximate surface area is 127 Å². The lowest BCUT2D eigenvalue weighted by molar-refractivity contribution is -0.123. The Hall–Kier alpha value is -1.84. The topological polar surface area (TPSA) is 58.2 Å². The molecule has 1 atom stereocenters. The maximum Gasteiger partial charge on any atom is 0.251 e. The third-order valence-corrected chi connectivity index (χ3v) is 3.19. The Kier molecular flexibility index (Phi) is 6.92. The molecule has 0 bridgehead atoms. The molecule has 116 valence electrons. The number of aryl methyl sites for hydroxylation is 1. The van der Waals surface area contributed by atoms with Gasteiger partial charge in [0.25, 0.3) is 5.91 Å². The maximum absolute atomic E-state index is 12.2. The number of benzene rings is 1. The molecule has 0 aromatic heterocycles. The van der Waals surface area contributed by atoms with Crippen molar-refractivity contribution in [2.24, 2.45) is 5.92 Å². The predicted octanol–water partition coefficient (Wildman–Crippen LogP) is 2.67. The minimum atomic E-state index is -0.481. The van der Waals surface area contributed by atoms with Crippen molar-refractivity contribution in [3.05, 3.63) is 35.4 Å². The minimum absolute atomic E-state index is 0.106. The first-order valence-electron chi connectivity index (χ1n) is 7.59. The number of hydrogen-bond donors (Lipinski definition) is 2. The Morgan fingerprint density at radius 3 is 2.29 bits per heavy atom. The van der Waals surface area contributed by atoms with Crippen molar-refractivity contribution in [2.75, 3.05) is 6.54 Å². The van der Waals surface area contributed by atoms with Crippen LogP contribution in [-0.2, 0) is 4.79 Å². The van der Waals surface area contributed by atoms with Gasteiger partial charge in [-0.1, -0.05) is 38.5 Å². The predicted molar refractivity (Wildman–Crippen MR) is 85.2 cm³/mol. The molecule has 0 saturated carbocycles. The average molecular weight is 290 g/mol. The van der Waals surface area contributed by atoms with Gasteiger partial charge in [-0.05, 0) is 37.8 Å². The van der Waals surface area contributed by atoms with E-state index in [9.17, 15) is 9.59 Å². The quantitative estimate of drug-likeness (QED) is 0.811. The van der Waals surface area contributed by atoms with Crippen LogP contribution in [0, 0.1) is 12.8 Å². The van der Waals surface area contributed by atoms with Gasteiger partial charge in [-0.2, -0.15) is 0 Å². The molecule has 4 nitrogen and oxygen atoms in total. The first-order chi connectivity index (χ1) is 9.93. The number of carbonyl (C=O) groups is 2. The van der Waals surface area contributed by atoms with Crippen molar-refractivity contribution >= 4 is 11.8 Å². The Morgan fingerprint density at radius 2 is 1.76 bits per heavy atom. The van der Waals surface area contributed by atoms with Gasteiger partial charge in [0, 0.05) is 12.1 Å². The number of nitrogens with one attached hydrogen (secondary N) is 2. The zero-order valence-corrected chi connectivity index (χ0v) is 13.4. The molecular weight excluding hydrogens is 264 g/mol. The summed E-state index contributed by atoms with van der Waals surface area (Å²) in [6, 6.07) is 6.86. The van der Waals surface area contributed by atoms with E-state index in [1.807, 2.05) is 39.8 Å². The van der Waals surface area contributed by atoms with Gasteiger partial charge in [0.1, 0.15) is 6.04 Å². The lowest BCUT2D eigenvalue weighted by atomic mass is 10.0. The van der Waals surface area contributed by atoms with Crippen molar-refractivity contribution in [1.29, 1.82) is 0 Å². The van der Waals surface area contributed by atoms with E-state index in [0.29, 0.717) is 24.4 Å². The normalized spacial score (nSPS) is 12.0. The molecule has 1 unspecified atom stereocenters. The van der Waals surface area contributed by atoms with Gasteiger partial charge in [-0.15, -0.1) is 0 Å². The van der Waals surface area contributed by atoms with E-state index in [1.165, 1.54) is 0 Å². The van der Waals surface area contributed by atoms with E-state index in [-0.39, 0.29) is 11.8 Å². The van der Waals surface area contributed by atoms with Crippen LogP contribution in [0.4, 0.5) is 0 Å². The second-order valence-corrected chi connectivity index (χ2v) is 5.81. The van der Waals surface area contributed by atoms with Gasteiger partial charge < -0.3 is 10.6 Å². The lowest BCUT2D eigenvalue weighted by Crippen LogP contribution is -2.47. The molecule has 1 aromatic rings. The molecule has 0 aliphatic heterocycles. The fourth-order valence-electron chi connectivity index (χ4n) is 2.02. The van der Waals surface area contributed by atoms with Gasteiger partial charge in [-0.3, -0.25) is 9.59 Å². The summed E-state index contributed by atoms with van der Waals surface area (Å²) in [5.74, 6) is 0.0269. The summed E-state index contributed by atoms with van der Waals surface area (Å²) in [6.45, 7) is 8.69. The van der Waals surface area contributed by atoms with Gasteiger partial charge in [0.2, 0.25) is 5.91 Å². The number of carbonyl (C=O) groups excluding carboxylic acids is 2. The summed E-state index contributed by atoms with van der Waals surface area (Å²) in [7, 11) is 0. The van der Waals surface area contributed by atoms with Crippen LogP contribution >= 0.6 is 0 Å². The van der Waals surface area contributed by atoms with Crippen molar-refractivity contribution in [3.63, 3.8) is 0 Å². The zero-order chi connectivity index (χ0) is 15.8. The molecule has 0 spiro atoms. The van der Waals surface area contributed by atoms with E-state index < -0.39 is 6.04 Å². The first kappa shape index (κ1) is 17.2. The van der Waals surface area contributed by atoms with E-state index >= 15 is 0 Å². The van der Waals surface area contributed by atoms with Crippen LogP contribution in [0.15, 0.2) is 24.3 Å². The molecule has 0 aliphatic carbocycles. The van der Waals surface area contributed by atoms with Gasteiger partial charge >= 0.3 is 0 Å². The first-order valence-corrected chi connectivity index (χ1v) is 7.59. The highest BCUT2D eigenvalue weighted by Gasteiger charge is 2.21. The standard InChI is InChI=1S/C17H26N2O2/c1-5-10-18-17(21)15(11-12(2)3)19-16(20)14-8-6-13(4)7-9-14/h6-9,12,15H,5,10-11H2,1-4H3,(H,18,21)(H,19,20). The fourth-order valence-corrected chi connectivity index (χ4v) is 2.02. The number of amides is 2. The summed E-state index contributed by atoms with van der Waals surface area (Å²) in [5, 5.41) is 5.69. The van der Waals surface area contributed by atoms with Gasteiger partial charge in [-0.25, -0.2) is 0 Å². The zero-order valence-electron chi connectivity index (χ0n) is 13.4. The summed E-state index contributed by atoms with van der Waals surface area (Å²) in [5.41, 5.74) is 1.68. The molecule has 0 fully saturated rings. The van der Waals surface area contributed by atoms with Crippen LogP contribution in [0.25, 0.3) is 0 Å². The maximum atomic E-state index is 12.2. The van der Waals surface area contributed by atoms with Gasteiger partial charge in [0.05, 0.1) is 0 Å². The van der Waals surface area contributed by atoms with Crippen LogP contribution in [0.5, 0.6) is 0 Å². The van der Waals surface area contributed by atoms with Crippen molar-refractivity contribution < 1.29 is 9.59 Å². The van der Waals surface area contributed by atoms with E-state index in [4.69, 9.17) is 0 Å². The highest BCUT2D eigenvalue weighted by atomic mass is 16.2. The van der Waals surface area contributed by atoms with Crippen LogP contribution in [0.3, 0.4) is 0 Å². The molecule has 1 aromatic carbocycles. The Balaban J connectivity index is 2.72. The minimum Gasteiger partial charge on any atom is -0.354 e.